The third-order valence-corrected chi connectivity index (χ3v) is 6.36. The Kier molecular flexibility index (Phi) is 4.74. The summed E-state index contributed by atoms with van der Waals surface area (Å²) in [5, 5.41) is 0. The van der Waals surface area contributed by atoms with Gasteiger partial charge in [-0.2, -0.15) is 0 Å². The van der Waals surface area contributed by atoms with E-state index in [9.17, 15) is 4.79 Å². The molecule has 0 N–H and O–H groups in total. The average Bonchev–Trinajstić information content (AvgIpc) is 3.12. The van der Waals surface area contributed by atoms with Crippen molar-refractivity contribution in [2.24, 2.45) is 0 Å². The summed E-state index contributed by atoms with van der Waals surface area (Å²) in [6.07, 6.45) is 6.07. The third-order valence-electron chi connectivity index (χ3n) is 6.36. The first-order chi connectivity index (χ1) is 14.1. The number of nitrogens with zero attached hydrogens (tertiary/aromatic N) is 4. The van der Waals surface area contributed by atoms with Gasteiger partial charge >= 0.3 is 0 Å². The van der Waals surface area contributed by atoms with Crippen LogP contribution in [0.3, 0.4) is 0 Å². The zero-order chi connectivity index (χ0) is 20.0. The second kappa shape index (κ2) is 7.41. The van der Waals surface area contributed by atoms with Gasteiger partial charge in [-0.1, -0.05) is 0 Å². The molecule has 29 heavy (non-hydrogen) atoms. The van der Waals surface area contributed by atoms with E-state index in [0.29, 0.717) is 6.54 Å². The molecule has 0 spiro atoms. The van der Waals surface area contributed by atoms with Crippen LogP contribution < -0.4 is 4.74 Å². The molecule has 0 radical (unpaired) electrons. The van der Waals surface area contributed by atoms with Crippen LogP contribution in [0.4, 0.5) is 0 Å². The Morgan fingerprint density at radius 1 is 1.24 bits per heavy atom. The largest absolute Gasteiger partial charge is 0.490 e. The van der Waals surface area contributed by atoms with E-state index < -0.39 is 0 Å². The monoisotopic (exact) mass is 392 g/mol. The summed E-state index contributed by atoms with van der Waals surface area (Å²) in [5.41, 5.74) is 4.32. The predicted molar refractivity (Wildman–Crippen MR) is 110 cm³/mol. The lowest BCUT2D eigenvalue weighted by Crippen LogP contribution is -2.39. The zero-order valence-corrected chi connectivity index (χ0v) is 17.2. The molecule has 1 aromatic heterocycles. The highest BCUT2D eigenvalue weighted by Gasteiger charge is 2.29. The van der Waals surface area contributed by atoms with E-state index in [-0.39, 0.29) is 17.9 Å². The lowest BCUT2D eigenvalue weighted by atomic mass is 9.95. The van der Waals surface area contributed by atoms with Gasteiger partial charge in [-0.3, -0.25) is 4.79 Å². The standard InChI is InChI=1S/C23H28N4O2/c1-15-10-18-11-16(5-6-21(18)29-15)23(28)27-8-3-4-17(14-27)22-24-12-19-13-26(2)9-7-20(19)25-22/h5-6,11-12,15,17H,3-4,7-10,13-14H2,1-2H3. The van der Waals surface area contributed by atoms with Gasteiger partial charge in [0.15, 0.2) is 0 Å². The molecule has 1 aromatic carbocycles. The molecule has 1 amide bonds. The van der Waals surface area contributed by atoms with Crippen LogP contribution in [-0.2, 0) is 19.4 Å². The van der Waals surface area contributed by atoms with E-state index in [1.165, 1.54) is 11.3 Å². The van der Waals surface area contributed by atoms with Crippen molar-refractivity contribution in [3.63, 3.8) is 0 Å². The van der Waals surface area contributed by atoms with Crippen molar-refractivity contribution in [1.82, 2.24) is 19.8 Å². The molecule has 4 heterocycles. The van der Waals surface area contributed by atoms with Gasteiger partial charge in [-0.05, 0) is 50.6 Å². The SMILES string of the molecule is CC1Cc2cc(C(=O)N3CCCC(c4ncc5c(n4)CCN(C)C5)C3)ccc2O1. The van der Waals surface area contributed by atoms with Gasteiger partial charge in [0.1, 0.15) is 17.7 Å². The summed E-state index contributed by atoms with van der Waals surface area (Å²) in [7, 11) is 2.13. The van der Waals surface area contributed by atoms with Crippen LogP contribution in [0, 0.1) is 0 Å². The Morgan fingerprint density at radius 2 is 2.14 bits per heavy atom. The van der Waals surface area contributed by atoms with Crippen molar-refractivity contribution in [2.45, 2.75) is 51.2 Å². The number of ether oxygens (including phenoxy) is 1. The van der Waals surface area contributed by atoms with Crippen molar-refractivity contribution in [3.8, 4) is 5.75 Å². The molecule has 6 heteroatoms. The molecular formula is C23H28N4O2. The van der Waals surface area contributed by atoms with Gasteiger partial charge in [0, 0.05) is 68.0 Å². The van der Waals surface area contributed by atoms with Gasteiger partial charge in [-0.25, -0.2) is 9.97 Å². The Bertz CT molecular complexity index is 944. The first-order valence-corrected chi connectivity index (χ1v) is 10.7. The predicted octanol–water partition coefficient (Wildman–Crippen LogP) is 2.81. The fraction of sp³-hybridized carbons (Fsp3) is 0.522. The van der Waals surface area contributed by atoms with Crippen LogP contribution in [-0.4, -0.2) is 58.5 Å². The number of piperidine rings is 1. The molecule has 1 saturated heterocycles. The molecule has 6 nitrogen and oxygen atoms in total. The molecule has 2 aromatic rings. The maximum absolute atomic E-state index is 13.2. The Morgan fingerprint density at radius 3 is 3.03 bits per heavy atom. The van der Waals surface area contributed by atoms with Gasteiger partial charge < -0.3 is 14.5 Å². The molecule has 3 aliphatic rings. The number of likely N-dealkylation sites (tertiary alicyclic amines) is 1. The van der Waals surface area contributed by atoms with Crippen molar-refractivity contribution >= 4 is 5.91 Å². The summed E-state index contributed by atoms with van der Waals surface area (Å²) in [5.74, 6) is 2.15. The maximum Gasteiger partial charge on any atom is 0.253 e. The number of likely N-dealkylation sites (N-methyl/N-ethyl adjacent to an activating group) is 1. The molecular weight excluding hydrogens is 364 g/mol. The molecule has 0 saturated carbocycles. The van der Waals surface area contributed by atoms with Gasteiger partial charge in [-0.15, -0.1) is 0 Å². The molecule has 2 atom stereocenters. The normalized spacial score (nSPS) is 24.0. The van der Waals surface area contributed by atoms with E-state index in [0.717, 1.165) is 68.0 Å². The number of aromatic nitrogens is 2. The molecule has 5 rings (SSSR count). The van der Waals surface area contributed by atoms with Crippen molar-refractivity contribution in [1.29, 1.82) is 0 Å². The lowest BCUT2D eigenvalue weighted by molar-refractivity contribution is 0.0704. The van der Waals surface area contributed by atoms with Crippen LogP contribution in [0.25, 0.3) is 0 Å². The lowest BCUT2D eigenvalue weighted by Gasteiger charge is -2.33. The van der Waals surface area contributed by atoms with Crippen LogP contribution in [0.1, 0.15) is 58.7 Å². The summed E-state index contributed by atoms with van der Waals surface area (Å²) < 4.78 is 5.77. The van der Waals surface area contributed by atoms with Crippen LogP contribution in [0.5, 0.6) is 5.75 Å². The van der Waals surface area contributed by atoms with Crippen molar-refractivity contribution in [2.75, 3.05) is 26.7 Å². The fourth-order valence-electron chi connectivity index (χ4n) is 4.78. The molecule has 0 aliphatic carbocycles. The summed E-state index contributed by atoms with van der Waals surface area (Å²) in [6.45, 7) is 5.52. The van der Waals surface area contributed by atoms with Crippen LogP contribution >= 0.6 is 0 Å². The van der Waals surface area contributed by atoms with E-state index in [1.54, 1.807) is 0 Å². The number of hydrogen-bond donors (Lipinski definition) is 0. The molecule has 3 aliphatic heterocycles. The topological polar surface area (TPSA) is 58.6 Å². The van der Waals surface area contributed by atoms with E-state index in [4.69, 9.17) is 9.72 Å². The number of carbonyl (C=O) groups excluding carboxylic acids is 1. The van der Waals surface area contributed by atoms with E-state index in [2.05, 4.69) is 23.9 Å². The highest BCUT2D eigenvalue weighted by Crippen LogP contribution is 2.31. The molecule has 1 fully saturated rings. The van der Waals surface area contributed by atoms with Crippen LogP contribution in [0.2, 0.25) is 0 Å². The number of benzene rings is 1. The summed E-state index contributed by atoms with van der Waals surface area (Å²) in [4.78, 5) is 27.0. The number of fused-ring (bicyclic) bond motifs is 2. The Labute approximate surface area is 171 Å². The van der Waals surface area contributed by atoms with Crippen molar-refractivity contribution in [3.05, 3.63) is 52.6 Å². The van der Waals surface area contributed by atoms with E-state index >= 15 is 0 Å². The second-order valence-corrected chi connectivity index (χ2v) is 8.73. The highest BCUT2D eigenvalue weighted by molar-refractivity contribution is 5.94. The third kappa shape index (κ3) is 3.62. The number of rotatable bonds is 2. The van der Waals surface area contributed by atoms with E-state index in [1.807, 2.05) is 29.3 Å². The highest BCUT2D eigenvalue weighted by atomic mass is 16.5. The smallest absolute Gasteiger partial charge is 0.253 e. The first kappa shape index (κ1) is 18.6. The zero-order valence-electron chi connectivity index (χ0n) is 17.2. The molecule has 0 bridgehead atoms. The fourth-order valence-corrected chi connectivity index (χ4v) is 4.78. The quantitative estimate of drug-likeness (QED) is 0.787. The van der Waals surface area contributed by atoms with Crippen LogP contribution in [0.15, 0.2) is 24.4 Å². The number of hydrogen-bond acceptors (Lipinski definition) is 5. The first-order valence-electron chi connectivity index (χ1n) is 10.7. The average molecular weight is 393 g/mol. The van der Waals surface area contributed by atoms with Gasteiger partial charge in [0.05, 0.1) is 0 Å². The summed E-state index contributed by atoms with van der Waals surface area (Å²) in [6, 6.07) is 5.85. The minimum atomic E-state index is 0.108. The second-order valence-electron chi connectivity index (χ2n) is 8.73. The summed E-state index contributed by atoms with van der Waals surface area (Å²) >= 11 is 0. The number of amides is 1. The Balaban J connectivity index is 1.32. The Hall–Kier alpha value is -2.47. The molecule has 152 valence electrons. The van der Waals surface area contributed by atoms with Crippen molar-refractivity contribution < 1.29 is 9.53 Å². The van der Waals surface area contributed by atoms with Gasteiger partial charge in [0.25, 0.3) is 5.91 Å². The minimum absolute atomic E-state index is 0.108. The maximum atomic E-state index is 13.2. The minimum Gasteiger partial charge on any atom is -0.490 e. The number of carbonyl (C=O) groups is 1. The van der Waals surface area contributed by atoms with Gasteiger partial charge in [0.2, 0.25) is 0 Å². The molecule has 2 unspecified atom stereocenters.